The lowest BCUT2D eigenvalue weighted by Crippen LogP contribution is -2.25. The minimum Gasteiger partial charge on any atom is -0.317 e. The van der Waals surface area contributed by atoms with Crippen LogP contribution in [-0.2, 0) is 5.41 Å². The van der Waals surface area contributed by atoms with E-state index in [1.54, 1.807) is 0 Å². The fourth-order valence-corrected chi connectivity index (χ4v) is 2.68. The molecule has 0 aliphatic carbocycles. The van der Waals surface area contributed by atoms with Gasteiger partial charge in [-0.15, -0.1) is 11.3 Å². The minimum atomic E-state index is 0.312. The topological polar surface area (TPSA) is 12.0 Å². The molecule has 0 saturated heterocycles. The average Bonchev–Trinajstić information content (AvgIpc) is 2.52. The van der Waals surface area contributed by atoms with E-state index in [9.17, 15) is 0 Å². The Morgan fingerprint density at radius 3 is 2.64 bits per heavy atom. The highest BCUT2D eigenvalue weighted by Crippen LogP contribution is 2.31. The van der Waals surface area contributed by atoms with Crippen LogP contribution in [0.1, 0.15) is 37.6 Å². The van der Waals surface area contributed by atoms with Gasteiger partial charge in [0, 0.05) is 4.88 Å². The van der Waals surface area contributed by atoms with Crippen molar-refractivity contribution in [1.82, 2.24) is 5.32 Å². The summed E-state index contributed by atoms with van der Waals surface area (Å²) in [5.74, 6) is 0. The summed E-state index contributed by atoms with van der Waals surface area (Å²) in [5.41, 5.74) is 1.83. The van der Waals surface area contributed by atoms with Gasteiger partial charge in [-0.3, -0.25) is 0 Å². The van der Waals surface area contributed by atoms with Crippen LogP contribution in [0.2, 0.25) is 0 Å². The number of aryl methyl sites for hydroxylation is 1. The second-order valence-corrected chi connectivity index (χ2v) is 5.50. The van der Waals surface area contributed by atoms with Crippen LogP contribution in [0.25, 0.3) is 0 Å². The molecule has 0 bridgehead atoms. The van der Waals surface area contributed by atoms with Crippen LogP contribution in [0.3, 0.4) is 0 Å². The first-order valence-electron chi connectivity index (χ1n) is 5.33. The van der Waals surface area contributed by atoms with Crippen LogP contribution >= 0.6 is 11.3 Å². The third-order valence-electron chi connectivity index (χ3n) is 2.76. The Bertz CT molecular complexity index is 276. The van der Waals surface area contributed by atoms with Crippen molar-refractivity contribution in [3.63, 3.8) is 0 Å². The van der Waals surface area contributed by atoms with E-state index in [0.29, 0.717) is 5.41 Å². The van der Waals surface area contributed by atoms with E-state index in [1.807, 2.05) is 11.3 Å². The summed E-state index contributed by atoms with van der Waals surface area (Å²) in [6, 6.07) is 2.27. The molecule has 0 radical (unpaired) electrons. The van der Waals surface area contributed by atoms with Gasteiger partial charge in [-0.2, -0.15) is 0 Å². The van der Waals surface area contributed by atoms with Crippen molar-refractivity contribution in [2.75, 3.05) is 13.1 Å². The first kappa shape index (κ1) is 11.7. The van der Waals surface area contributed by atoms with E-state index in [0.717, 1.165) is 13.1 Å². The molecule has 1 aromatic heterocycles. The van der Waals surface area contributed by atoms with Crippen molar-refractivity contribution >= 4 is 11.3 Å². The summed E-state index contributed by atoms with van der Waals surface area (Å²) in [5, 5.41) is 5.58. The summed E-state index contributed by atoms with van der Waals surface area (Å²) in [4.78, 5) is 1.46. The average molecular weight is 211 g/mol. The lowest BCUT2D eigenvalue weighted by molar-refractivity contribution is 0.461. The molecule has 1 aromatic rings. The second-order valence-electron chi connectivity index (χ2n) is 4.38. The summed E-state index contributed by atoms with van der Waals surface area (Å²) in [6.45, 7) is 11.2. The summed E-state index contributed by atoms with van der Waals surface area (Å²) in [6.07, 6.45) is 1.21. The standard InChI is InChI=1S/C12H21NS/c1-5-13-8-7-12(3,4)11-6-9-14-10(11)2/h6,9,13H,5,7-8H2,1-4H3. The normalized spacial score (nSPS) is 12.0. The molecule has 0 atom stereocenters. The molecular formula is C12H21NS. The van der Waals surface area contributed by atoms with Crippen molar-refractivity contribution in [1.29, 1.82) is 0 Å². The molecule has 0 aromatic carbocycles. The Balaban J connectivity index is 2.61. The van der Waals surface area contributed by atoms with Crippen LogP contribution in [0.15, 0.2) is 11.4 Å². The van der Waals surface area contributed by atoms with Crippen LogP contribution < -0.4 is 5.32 Å². The third kappa shape index (κ3) is 2.82. The Morgan fingerprint density at radius 2 is 2.14 bits per heavy atom. The maximum absolute atomic E-state index is 3.39. The maximum atomic E-state index is 3.39. The van der Waals surface area contributed by atoms with Crippen LogP contribution in [-0.4, -0.2) is 13.1 Å². The molecule has 2 heteroatoms. The smallest absolute Gasteiger partial charge is 0.00516 e. The fourth-order valence-electron chi connectivity index (χ4n) is 1.80. The van der Waals surface area contributed by atoms with Gasteiger partial charge in [-0.05, 0) is 48.9 Å². The summed E-state index contributed by atoms with van der Waals surface area (Å²) < 4.78 is 0. The van der Waals surface area contributed by atoms with Gasteiger partial charge in [0.2, 0.25) is 0 Å². The zero-order valence-corrected chi connectivity index (χ0v) is 10.5. The SMILES string of the molecule is CCNCCC(C)(C)c1ccsc1C. The molecular weight excluding hydrogens is 190 g/mol. The Hall–Kier alpha value is -0.340. The van der Waals surface area contributed by atoms with Gasteiger partial charge in [0.05, 0.1) is 0 Å². The molecule has 1 nitrogen and oxygen atoms in total. The van der Waals surface area contributed by atoms with Gasteiger partial charge in [0.15, 0.2) is 0 Å². The lowest BCUT2D eigenvalue weighted by Gasteiger charge is -2.25. The fraction of sp³-hybridized carbons (Fsp3) is 0.667. The Morgan fingerprint density at radius 1 is 1.43 bits per heavy atom. The zero-order chi connectivity index (χ0) is 10.6. The molecule has 80 valence electrons. The van der Waals surface area contributed by atoms with Gasteiger partial charge < -0.3 is 5.32 Å². The van der Waals surface area contributed by atoms with Crippen molar-refractivity contribution in [2.24, 2.45) is 0 Å². The summed E-state index contributed by atoms with van der Waals surface area (Å²) >= 11 is 1.85. The molecule has 0 spiro atoms. The van der Waals surface area contributed by atoms with Gasteiger partial charge in [0.1, 0.15) is 0 Å². The van der Waals surface area contributed by atoms with Gasteiger partial charge in [0.25, 0.3) is 0 Å². The quantitative estimate of drug-likeness (QED) is 0.737. The molecule has 0 aliphatic heterocycles. The largest absolute Gasteiger partial charge is 0.317 e. The van der Waals surface area contributed by atoms with E-state index in [4.69, 9.17) is 0 Å². The lowest BCUT2D eigenvalue weighted by atomic mass is 9.82. The number of thiophene rings is 1. The summed E-state index contributed by atoms with van der Waals surface area (Å²) in [7, 11) is 0. The van der Waals surface area contributed by atoms with Gasteiger partial charge >= 0.3 is 0 Å². The predicted molar refractivity (Wildman–Crippen MR) is 65.2 cm³/mol. The number of hydrogen-bond donors (Lipinski definition) is 1. The highest BCUT2D eigenvalue weighted by atomic mass is 32.1. The molecule has 0 fully saturated rings. The van der Waals surface area contributed by atoms with Gasteiger partial charge in [-0.1, -0.05) is 20.8 Å². The van der Waals surface area contributed by atoms with Crippen LogP contribution in [0, 0.1) is 6.92 Å². The van der Waals surface area contributed by atoms with E-state index in [1.165, 1.54) is 16.9 Å². The first-order chi connectivity index (χ1) is 6.58. The van der Waals surface area contributed by atoms with Crippen molar-refractivity contribution in [3.8, 4) is 0 Å². The molecule has 14 heavy (non-hydrogen) atoms. The molecule has 1 N–H and O–H groups in total. The second kappa shape index (κ2) is 4.94. The Kier molecular flexibility index (Phi) is 4.14. The number of rotatable bonds is 5. The molecule has 0 amide bonds. The molecule has 1 rings (SSSR count). The van der Waals surface area contributed by atoms with Crippen LogP contribution in [0.5, 0.6) is 0 Å². The highest BCUT2D eigenvalue weighted by Gasteiger charge is 2.22. The van der Waals surface area contributed by atoms with E-state index in [-0.39, 0.29) is 0 Å². The van der Waals surface area contributed by atoms with Gasteiger partial charge in [-0.25, -0.2) is 0 Å². The zero-order valence-electron chi connectivity index (χ0n) is 9.68. The van der Waals surface area contributed by atoms with Crippen molar-refractivity contribution in [3.05, 3.63) is 21.9 Å². The Labute approximate surface area is 91.5 Å². The van der Waals surface area contributed by atoms with E-state index < -0.39 is 0 Å². The number of hydrogen-bond acceptors (Lipinski definition) is 2. The number of nitrogens with one attached hydrogen (secondary N) is 1. The van der Waals surface area contributed by atoms with E-state index in [2.05, 4.69) is 44.5 Å². The minimum absolute atomic E-state index is 0.312. The van der Waals surface area contributed by atoms with E-state index >= 15 is 0 Å². The van der Waals surface area contributed by atoms with Crippen LogP contribution in [0.4, 0.5) is 0 Å². The molecule has 0 aliphatic rings. The molecule has 0 unspecified atom stereocenters. The first-order valence-corrected chi connectivity index (χ1v) is 6.21. The molecule has 1 heterocycles. The monoisotopic (exact) mass is 211 g/mol. The maximum Gasteiger partial charge on any atom is 0.00516 e. The highest BCUT2D eigenvalue weighted by molar-refractivity contribution is 7.10. The predicted octanol–water partition coefficient (Wildman–Crippen LogP) is 3.33. The third-order valence-corrected chi connectivity index (χ3v) is 3.61. The van der Waals surface area contributed by atoms with Crippen molar-refractivity contribution < 1.29 is 0 Å². The van der Waals surface area contributed by atoms with Crippen molar-refractivity contribution in [2.45, 2.75) is 39.5 Å². The molecule has 0 saturated carbocycles.